The zero-order chi connectivity index (χ0) is 16.9. The largest absolute Gasteiger partial charge is 0.416 e. The van der Waals surface area contributed by atoms with Crippen molar-refractivity contribution < 1.29 is 18.0 Å². The fraction of sp³-hybridized carbons (Fsp3) is 0.333. The molecule has 2 N–H and O–H groups in total. The topological polar surface area (TPSA) is 68.2 Å². The lowest BCUT2D eigenvalue weighted by Crippen LogP contribution is -2.46. The standard InChI is InChI=1S/C15H15F3N4O/c16-15(17,18)12-1-3-13(4-2-12)21-10-11(9-19)14(23)22-7-5-20-6-8-22/h1-4,10,20-21H,5-8H2/b11-10-. The van der Waals surface area contributed by atoms with E-state index < -0.39 is 17.6 Å². The van der Waals surface area contributed by atoms with Crippen molar-refractivity contribution >= 4 is 11.6 Å². The van der Waals surface area contributed by atoms with E-state index in [1.54, 1.807) is 4.90 Å². The molecule has 1 aliphatic heterocycles. The van der Waals surface area contributed by atoms with Crippen LogP contribution in [0.4, 0.5) is 18.9 Å². The number of carbonyl (C=O) groups excluding carboxylic acids is 1. The van der Waals surface area contributed by atoms with Gasteiger partial charge in [0.25, 0.3) is 5.91 Å². The Morgan fingerprint density at radius 2 is 1.87 bits per heavy atom. The molecule has 1 heterocycles. The normalized spacial score (nSPS) is 15.9. The molecule has 23 heavy (non-hydrogen) atoms. The van der Waals surface area contributed by atoms with E-state index in [2.05, 4.69) is 10.6 Å². The summed E-state index contributed by atoms with van der Waals surface area (Å²) in [6.45, 7) is 2.35. The summed E-state index contributed by atoms with van der Waals surface area (Å²) in [5, 5.41) is 14.9. The third-order valence-corrected chi connectivity index (χ3v) is 3.35. The zero-order valence-electron chi connectivity index (χ0n) is 12.2. The molecule has 122 valence electrons. The van der Waals surface area contributed by atoms with Gasteiger partial charge < -0.3 is 15.5 Å². The predicted molar refractivity (Wildman–Crippen MR) is 78.2 cm³/mol. The summed E-state index contributed by atoms with van der Waals surface area (Å²) >= 11 is 0. The van der Waals surface area contributed by atoms with Crippen LogP contribution in [0.5, 0.6) is 0 Å². The fourth-order valence-electron chi connectivity index (χ4n) is 2.09. The third-order valence-electron chi connectivity index (χ3n) is 3.35. The van der Waals surface area contributed by atoms with Crippen LogP contribution in [0, 0.1) is 11.3 Å². The van der Waals surface area contributed by atoms with Crippen LogP contribution < -0.4 is 10.6 Å². The molecule has 2 rings (SSSR count). The molecule has 1 saturated heterocycles. The molecule has 0 saturated carbocycles. The second-order valence-corrected chi connectivity index (χ2v) is 4.93. The van der Waals surface area contributed by atoms with E-state index >= 15 is 0 Å². The molecule has 8 heteroatoms. The van der Waals surface area contributed by atoms with Gasteiger partial charge in [0.15, 0.2) is 0 Å². The number of hydrogen-bond donors (Lipinski definition) is 2. The van der Waals surface area contributed by atoms with Crippen molar-refractivity contribution in [3.63, 3.8) is 0 Å². The highest BCUT2D eigenvalue weighted by atomic mass is 19.4. The second-order valence-electron chi connectivity index (χ2n) is 4.93. The number of rotatable bonds is 3. The van der Waals surface area contributed by atoms with Gasteiger partial charge in [0, 0.05) is 38.1 Å². The van der Waals surface area contributed by atoms with Crippen molar-refractivity contribution in [1.82, 2.24) is 10.2 Å². The second kappa shape index (κ2) is 7.15. The van der Waals surface area contributed by atoms with Crippen molar-refractivity contribution in [2.24, 2.45) is 0 Å². The van der Waals surface area contributed by atoms with Crippen LogP contribution in [0.1, 0.15) is 5.56 Å². The maximum Gasteiger partial charge on any atom is 0.416 e. The van der Waals surface area contributed by atoms with Crippen molar-refractivity contribution in [1.29, 1.82) is 5.26 Å². The van der Waals surface area contributed by atoms with Gasteiger partial charge in [0.05, 0.1) is 5.56 Å². The summed E-state index contributed by atoms with van der Waals surface area (Å²) in [4.78, 5) is 13.7. The molecule has 0 aliphatic carbocycles. The number of amides is 1. The Kier molecular flexibility index (Phi) is 5.24. The summed E-state index contributed by atoms with van der Waals surface area (Å²) in [5.74, 6) is -0.395. The van der Waals surface area contributed by atoms with Gasteiger partial charge in [-0.3, -0.25) is 4.79 Å². The lowest BCUT2D eigenvalue weighted by Gasteiger charge is -2.27. The number of nitriles is 1. The highest BCUT2D eigenvalue weighted by Crippen LogP contribution is 2.29. The number of carbonyl (C=O) groups is 1. The molecule has 0 radical (unpaired) electrons. The SMILES string of the molecule is N#C/C(=C/Nc1ccc(C(F)(F)F)cc1)C(=O)N1CCNCC1. The third kappa shape index (κ3) is 4.47. The number of nitrogens with zero attached hydrogens (tertiary/aromatic N) is 2. The van der Waals surface area contributed by atoms with E-state index in [0.29, 0.717) is 31.9 Å². The molecule has 0 aromatic heterocycles. The summed E-state index contributed by atoms with van der Waals surface area (Å²) in [6.07, 6.45) is -3.18. The average Bonchev–Trinajstić information content (AvgIpc) is 2.55. The van der Waals surface area contributed by atoms with Crippen LogP contribution in [0.3, 0.4) is 0 Å². The Hall–Kier alpha value is -2.53. The molecule has 0 atom stereocenters. The summed E-state index contributed by atoms with van der Waals surface area (Å²) in [5.41, 5.74) is -0.491. The van der Waals surface area contributed by atoms with Gasteiger partial charge in [0.1, 0.15) is 11.6 Å². The molecular weight excluding hydrogens is 309 g/mol. The lowest BCUT2D eigenvalue weighted by atomic mass is 10.2. The van der Waals surface area contributed by atoms with Crippen molar-refractivity contribution in [2.45, 2.75) is 6.18 Å². The molecule has 1 aliphatic rings. The Balaban J connectivity index is 2.04. The number of benzene rings is 1. The van der Waals surface area contributed by atoms with Gasteiger partial charge in [-0.05, 0) is 24.3 Å². The van der Waals surface area contributed by atoms with E-state index in [1.807, 2.05) is 6.07 Å². The molecule has 1 amide bonds. The number of anilines is 1. The molecule has 0 unspecified atom stereocenters. The summed E-state index contributed by atoms with van der Waals surface area (Å²) < 4.78 is 37.4. The van der Waals surface area contributed by atoms with Crippen LogP contribution in [0.15, 0.2) is 36.0 Å². The maximum atomic E-state index is 12.5. The number of alkyl halides is 3. The molecule has 1 aromatic rings. The lowest BCUT2D eigenvalue weighted by molar-refractivity contribution is -0.137. The molecule has 0 spiro atoms. The highest BCUT2D eigenvalue weighted by Gasteiger charge is 2.29. The predicted octanol–water partition coefficient (Wildman–Crippen LogP) is 1.96. The van der Waals surface area contributed by atoms with Crippen molar-refractivity contribution in [3.8, 4) is 6.07 Å². The van der Waals surface area contributed by atoms with Crippen molar-refractivity contribution in [3.05, 3.63) is 41.6 Å². The zero-order valence-corrected chi connectivity index (χ0v) is 12.2. The smallest absolute Gasteiger partial charge is 0.360 e. The van der Waals surface area contributed by atoms with Crippen molar-refractivity contribution in [2.75, 3.05) is 31.5 Å². The van der Waals surface area contributed by atoms with Gasteiger partial charge in [-0.2, -0.15) is 18.4 Å². The number of hydrogen-bond acceptors (Lipinski definition) is 4. The fourth-order valence-corrected chi connectivity index (χ4v) is 2.09. The molecule has 1 fully saturated rings. The molecular formula is C15H15F3N4O. The number of nitrogens with one attached hydrogen (secondary N) is 2. The maximum absolute atomic E-state index is 12.5. The van der Waals surface area contributed by atoms with Crippen LogP contribution >= 0.6 is 0 Å². The first-order valence-corrected chi connectivity index (χ1v) is 6.96. The minimum atomic E-state index is -4.40. The Morgan fingerprint density at radius 3 is 2.39 bits per heavy atom. The average molecular weight is 324 g/mol. The van der Waals surface area contributed by atoms with Gasteiger partial charge in [0.2, 0.25) is 0 Å². The van der Waals surface area contributed by atoms with E-state index in [1.165, 1.54) is 18.3 Å². The first-order valence-electron chi connectivity index (χ1n) is 6.96. The highest BCUT2D eigenvalue weighted by molar-refractivity contribution is 5.97. The van der Waals surface area contributed by atoms with Gasteiger partial charge in [-0.15, -0.1) is 0 Å². The Bertz CT molecular complexity index is 626. The minimum absolute atomic E-state index is 0.0909. The van der Waals surface area contributed by atoms with E-state index in [-0.39, 0.29) is 5.57 Å². The summed E-state index contributed by atoms with van der Waals surface area (Å²) in [6, 6.07) is 6.15. The summed E-state index contributed by atoms with van der Waals surface area (Å²) in [7, 11) is 0. The van der Waals surface area contributed by atoms with E-state index in [0.717, 1.165) is 12.1 Å². The molecule has 5 nitrogen and oxygen atoms in total. The van der Waals surface area contributed by atoms with Crippen LogP contribution in [-0.4, -0.2) is 37.0 Å². The minimum Gasteiger partial charge on any atom is -0.360 e. The van der Waals surface area contributed by atoms with Crippen LogP contribution in [0.25, 0.3) is 0 Å². The van der Waals surface area contributed by atoms with Gasteiger partial charge >= 0.3 is 6.18 Å². The quantitative estimate of drug-likeness (QED) is 0.659. The Labute approximate surface area is 131 Å². The van der Waals surface area contributed by atoms with Crippen LogP contribution in [0.2, 0.25) is 0 Å². The first kappa shape index (κ1) is 16.8. The first-order chi connectivity index (χ1) is 10.9. The van der Waals surface area contributed by atoms with Gasteiger partial charge in [-0.1, -0.05) is 0 Å². The molecule has 1 aromatic carbocycles. The monoisotopic (exact) mass is 324 g/mol. The van der Waals surface area contributed by atoms with Gasteiger partial charge in [-0.25, -0.2) is 0 Å². The van der Waals surface area contributed by atoms with Crippen LogP contribution in [-0.2, 0) is 11.0 Å². The molecule has 0 bridgehead atoms. The number of halogens is 3. The van der Waals surface area contributed by atoms with E-state index in [4.69, 9.17) is 5.26 Å². The Morgan fingerprint density at radius 1 is 1.26 bits per heavy atom. The number of piperazine rings is 1. The van der Waals surface area contributed by atoms with E-state index in [9.17, 15) is 18.0 Å².